The summed E-state index contributed by atoms with van der Waals surface area (Å²) in [5.74, 6) is -0.659. The van der Waals surface area contributed by atoms with E-state index in [0.717, 1.165) is 0 Å². The van der Waals surface area contributed by atoms with Crippen molar-refractivity contribution in [3.8, 4) is 0 Å². The third-order valence-corrected chi connectivity index (χ3v) is 2.68. The first-order valence-corrected chi connectivity index (χ1v) is 6.34. The van der Waals surface area contributed by atoms with Gasteiger partial charge in [0.2, 0.25) is 5.76 Å². The average molecular weight is 285 g/mol. The van der Waals surface area contributed by atoms with Crippen molar-refractivity contribution in [2.45, 2.75) is 6.92 Å². The molecule has 2 rings (SSSR count). The number of para-hydroxylation sites is 1. The van der Waals surface area contributed by atoms with E-state index in [-0.39, 0.29) is 11.7 Å². The smallest absolute Gasteiger partial charge is 0.294 e. The van der Waals surface area contributed by atoms with E-state index in [1.807, 2.05) is 0 Å². The predicted molar refractivity (Wildman–Crippen MR) is 78.2 cm³/mol. The van der Waals surface area contributed by atoms with E-state index in [0.29, 0.717) is 23.5 Å². The lowest BCUT2D eigenvalue weighted by atomic mass is 10.1. The predicted octanol–water partition coefficient (Wildman–Crippen LogP) is 2.15. The Morgan fingerprint density at radius 2 is 2.10 bits per heavy atom. The number of benzene rings is 1. The second-order valence-electron chi connectivity index (χ2n) is 4.33. The minimum absolute atomic E-state index is 0.0915. The molecule has 0 atom stereocenters. The first kappa shape index (κ1) is 14.5. The van der Waals surface area contributed by atoms with Gasteiger partial charge < -0.3 is 15.2 Å². The molecule has 0 aliphatic carbocycles. The van der Waals surface area contributed by atoms with Crippen LogP contribution in [-0.4, -0.2) is 23.5 Å². The highest BCUT2D eigenvalue weighted by Gasteiger charge is 2.16. The summed E-state index contributed by atoms with van der Waals surface area (Å²) in [6, 6.07) is 8.24. The second kappa shape index (κ2) is 6.51. The van der Waals surface area contributed by atoms with Crippen LogP contribution in [-0.2, 0) is 0 Å². The molecule has 6 nitrogen and oxygen atoms in total. The van der Waals surface area contributed by atoms with E-state index in [1.54, 1.807) is 37.3 Å². The maximum atomic E-state index is 12.0. The number of aryl methyl sites for hydroxylation is 1. The standard InChI is InChI=1S/C15H15N3O3/c1-3-8-16-14(19)11-6-4-5-7-12(11)17-15(20)13-9-10(2)18-21-13/h3-7,9H,1,8H2,2H3,(H,16,19)(H,17,20). The summed E-state index contributed by atoms with van der Waals surface area (Å²) in [6.45, 7) is 5.60. The Labute approximate surface area is 121 Å². The molecule has 2 N–H and O–H groups in total. The molecule has 1 aromatic heterocycles. The number of carbonyl (C=O) groups is 2. The van der Waals surface area contributed by atoms with Crippen molar-refractivity contribution in [2.75, 3.05) is 11.9 Å². The Balaban J connectivity index is 2.18. The molecule has 2 amide bonds. The first-order valence-electron chi connectivity index (χ1n) is 6.34. The molecule has 0 saturated carbocycles. The zero-order chi connectivity index (χ0) is 15.2. The lowest BCUT2D eigenvalue weighted by Crippen LogP contribution is -2.25. The summed E-state index contributed by atoms with van der Waals surface area (Å²) < 4.78 is 4.89. The minimum Gasteiger partial charge on any atom is -0.351 e. The molecule has 0 aliphatic rings. The van der Waals surface area contributed by atoms with E-state index in [2.05, 4.69) is 22.4 Å². The van der Waals surface area contributed by atoms with Gasteiger partial charge in [0.05, 0.1) is 16.9 Å². The summed E-state index contributed by atoms with van der Waals surface area (Å²) in [4.78, 5) is 24.0. The van der Waals surface area contributed by atoms with E-state index in [4.69, 9.17) is 4.52 Å². The molecule has 1 heterocycles. The highest BCUT2D eigenvalue weighted by molar-refractivity contribution is 6.07. The Morgan fingerprint density at radius 3 is 2.76 bits per heavy atom. The van der Waals surface area contributed by atoms with E-state index >= 15 is 0 Å². The van der Waals surface area contributed by atoms with E-state index < -0.39 is 5.91 Å². The molecule has 0 unspecified atom stereocenters. The normalized spacial score (nSPS) is 9.95. The monoisotopic (exact) mass is 285 g/mol. The SMILES string of the molecule is C=CCNC(=O)c1ccccc1NC(=O)c1cc(C)no1. The molecular weight excluding hydrogens is 270 g/mol. The quantitative estimate of drug-likeness (QED) is 0.824. The largest absolute Gasteiger partial charge is 0.351 e. The van der Waals surface area contributed by atoms with Crippen LogP contribution in [0.25, 0.3) is 0 Å². The van der Waals surface area contributed by atoms with Crippen molar-refractivity contribution in [3.63, 3.8) is 0 Å². The van der Waals surface area contributed by atoms with Crippen molar-refractivity contribution in [1.29, 1.82) is 0 Å². The van der Waals surface area contributed by atoms with Crippen LogP contribution >= 0.6 is 0 Å². The van der Waals surface area contributed by atoms with Gasteiger partial charge in [-0.3, -0.25) is 9.59 Å². The van der Waals surface area contributed by atoms with Crippen molar-refractivity contribution >= 4 is 17.5 Å². The van der Waals surface area contributed by atoms with Crippen LogP contribution in [0, 0.1) is 6.92 Å². The Hall–Kier alpha value is -2.89. The molecule has 1 aromatic carbocycles. The fourth-order valence-electron chi connectivity index (χ4n) is 1.70. The lowest BCUT2D eigenvalue weighted by molar-refractivity contribution is 0.0959. The number of carbonyl (C=O) groups excluding carboxylic acids is 2. The molecule has 2 aromatic rings. The van der Waals surface area contributed by atoms with Crippen LogP contribution in [0.1, 0.15) is 26.6 Å². The Bertz CT molecular complexity index is 676. The van der Waals surface area contributed by atoms with Crippen molar-refractivity contribution < 1.29 is 14.1 Å². The minimum atomic E-state index is -0.459. The molecule has 108 valence electrons. The van der Waals surface area contributed by atoms with Gasteiger partial charge in [0, 0.05) is 12.6 Å². The number of hydrogen-bond acceptors (Lipinski definition) is 4. The third-order valence-electron chi connectivity index (χ3n) is 2.68. The Kier molecular flexibility index (Phi) is 4.50. The number of nitrogens with one attached hydrogen (secondary N) is 2. The molecule has 0 aliphatic heterocycles. The average Bonchev–Trinajstić information content (AvgIpc) is 2.92. The van der Waals surface area contributed by atoms with Crippen LogP contribution in [0.2, 0.25) is 0 Å². The van der Waals surface area contributed by atoms with Gasteiger partial charge in [0.15, 0.2) is 0 Å². The highest BCUT2D eigenvalue weighted by atomic mass is 16.5. The van der Waals surface area contributed by atoms with Crippen molar-refractivity contribution in [1.82, 2.24) is 10.5 Å². The van der Waals surface area contributed by atoms with Crippen LogP contribution < -0.4 is 10.6 Å². The zero-order valence-corrected chi connectivity index (χ0v) is 11.6. The van der Waals surface area contributed by atoms with Crippen LogP contribution in [0.3, 0.4) is 0 Å². The molecule has 0 fully saturated rings. The fraction of sp³-hybridized carbons (Fsp3) is 0.133. The first-order chi connectivity index (χ1) is 10.1. The third kappa shape index (κ3) is 3.56. The molecule has 21 heavy (non-hydrogen) atoms. The van der Waals surface area contributed by atoms with Crippen LogP contribution in [0.5, 0.6) is 0 Å². The molecule has 0 saturated heterocycles. The summed E-state index contributed by atoms with van der Waals surface area (Å²) in [5.41, 5.74) is 1.37. The number of rotatable bonds is 5. The van der Waals surface area contributed by atoms with Crippen molar-refractivity contribution in [3.05, 3.63) is 60.0 Å². The topological polar surface area (TPSA) is 84.2 Å². The highest BCUT2D eigenvalue weighted by Crippen LogP contribution is 2.16. The number of anilines is 1. The van der Waals surface area contributed by atoms with Crippen LogP contribution in [0.4, 0.5) is 5.69 Å². The van der Waals surface area contributed by atoms with Gasteiger partial charge in [-0.15, -0.1) is 6.58 Å². The van der Waals surface area contributed by atoms with Gasteiger partial charge >= 0.3 is 0 Å². The molecule has 0 radical (unpaired) electrons. The van der Waals surface area contributed by atoms with Gasteiger partial charge in [-0.05, 0) is 19.1 Å². The van der Waals surface area contributed by atoms with Gasteiger partial charge in [-0.1, -0.05) is 23.4 Å². The molecule has 0 bridgehead atoms. The molecular formula is C15H15N3O3. The summed E-state index contributed by atoms with van der Waals surface area (Å²) in [7, 11) is 0. The van der Waals surface area contributed by atoms with Gasteiger partial charge in [0.25, 0.3) is 11.8 Å². The van der Waals surface area contributed by atoms with E-state index in [9.17, 15) is 9.59 Å². The number of nitrogens with zero attached hydrogens (tertiary/aromatic N) is 1. The summed E-state index contributed by atoms with van der Waals surface area (Å²) in [5, 5.41) is 8.95. The lowest BCUT2D eigenvalue weighted by Gasteiger charge is -2.09. The number of hydrogen-bond donors (Lipinski definition) is 2. The Morgan fingerprint density at radius 1 is 1.33 bits per heavy atom. The maximum absolute atomic E-state index is 12.0. The van der Waals surface area contributed by atoms with Gasteiger partial charge in [0.1, 0.15) is 0 Å². The van der Waals surface area contributed by atoms with Crippen molar-refractivity contribution in [2.24, 2.45) is 0 Å². The maximum Gasteiger partial charge on any atom is 0.294 e. The number of amides is 2. The zero-order valence-electron chi connectivity index (χ0n) is 11.6. The van der Waals surface area contributed by atoms with Gasteiger partial charge in [-0.25, -0.2) is 0 Å². The van der Waals surface area contributed by atoms with Crippen LogP contribution in [0.15, 0.2) is 47.5 Å². The summed E-state index contributed by atoms with van der Waals surface area (Å²) in [6.07, 6.45) is 1.58. The van der Waals surface area contributed by atoms with E-state index in [1.165, 1.54) is 6.07 Å². The molecule has 0 spiro atoms. The summed E-state index contributed by atoms with van der Waals surface area (Å²) >= 11 is 0. The number of aromatic nitrogens is 1. The second-order valence-corrected chi connectivity index (χ2v) is 4.33. The fourth-order valence-corrected chi connectivity index (χ4v) is 1.70. The molecule has 6 heteroatoms. The van der Waals surface area contributed by atoms with Gasteiger partial charge in [-0.2, -0.15) is 0 Å².